The summed E-state index contributed by atoms with van der Waals surface area (Å²) in [4.78, 5) is 24.6. The first kappa shape index (κ1) is 11.4. The van der Waals surface area contributed by atoms with Gasteiger partial charge in [-0.25, -0.2) is 0 Å². The van der Waals surface area contributed by atoms with Crippen LogP contribution in [0.5, 0.6) is 11.5 Å². The number of hydrogen-bond acceptors (Lipinski definition) is 4. The highest BCUT2D eigenvalue weighted by atomic mass is 16.5. The second kappa shape index (κ2) is 4.08. The number of benzene rings is 1. The Bertz CT molecular complexity index is 496. The minimum absolute atomic E-state index is 0.311. The van der Waals surface area contributed by atoms with Crippen LogP contribution < -0.4 is 9.47 Å². The van der Waals surface area contributed by atoms with Crippen molar-refractivity contribution < 1.29 is 19.1 Å². The van der Waals surface area contributed by atoms with Crippen LogP contribution in [0.1, 0.15) is 27.6 Å². The Kier molecular flexibility index (Phi) is 2.75. The number of methoxy groups -OCH3 is 1. The Morgan fingerprint density at radius 3 is 2.12 bits per heavy atom. The molecular weight excluding hydrogens is 222 g/mol. The molecule has 0 spiro atoms. The number of carbonyl (C=O) groups excluding carboxylic acids is 2. The van der Waals surface area contributed by atoms with Gasteiger partial charge in [0.15, 0.2) is 11.5 Å². The van der Waals surface area contributed by atoms with Crippen molar-refractivity contribution in [3.05, 3.63) is 23.3 Å². The molecule has 1 aromatic carbocycles. The Morgan fingerprint density at radius 1 is 1.12 bits per heavy atom. The van der Waals surface area contributed by atoms with Crippen LogP contribution >= 0.6 is 0 Å². The number of fused-ring (bicyclic) bond motifs is 1. The monoisotopic (exact) mass is 235 g/mol. The van der Waals surface area contributed by atoms with Gasteiger partial charge in [-0.3, -0.25) is 14.5 Å². The largest absolute Gasteiger partial charge is 0.493 e. The van der Waals surface area contributed by atoms with Gasteiger partial charge in [-0.1, -0.05) is 0 Å². The fraction of sp³-hybridized carbons (Fsp3) is 0.333. The standard InChI is InChI=1S/C12H13NO4/c1-4-17-10-6-8-7(5-9(10)16-3)11(14)13(2)12(8)15/h5-6H,4H2,1-3H3. The number of ether oxygens (including phenoxy) is 2. The maximum absolute atomic E-state index is 11.8. The maximum atomic E-state index is 11.8. The number of nitrogens with zero attached hydrogens (tertiary/aromatic N) is 1. The van der Waals surface area contributed by atoms with E-state index >= 15 is 0 Å². The van der Waals surface area contributed by atoms with Crippen LogP contribution in [0.25, 0.3) is 0 Å². The Hall–Kier alpha value is -2.04. The van der Waals surface area contributed by atoms with E-state index < -0.39 is 0 Å². The van der Waals surface area contributed by atoms with Gasteiger partial charge in [-0.2, -0.15) is 0 Å². The first-order valence-corrected chi connectivity index (χ1v) is 5.27. The minimum Gasteiger partial charge on any atom is -0.493 e. The van der Waals surface area contributed by atoms with Crippen LogP contribution in [0.4, 0.5) is 0 Å². The van der Waals surface area contributed by atoms with Gasteiger partial charge in [0.25, 0.3) is 11.8 Å². The van der Waals surface area contributed by atoms with Crippen molar-refractivity contribution in [2.45, 2.75) is 6.92 Å². The molecule has 1 aliphatic heterocycles. The molecule has 90 valence electrons. The molecule has 1 aromatic rings. The molecule has 0 saturated carbocycles. The summed E-state index contributed by atoms with van der Waals surface area (Å²) in [5.41, 5.74) is 0.722. The molecule has 2 rings (SSSR count). The molecule has 0 bridgehead atoms. The summed E-state index contributed by atoms with van der Waals surface area (Å²) < 4.78 is 10.5. The molecule has 0 saturated heterocycles. The van der Waals surface area contributed by atoms with Crippen molar-refractivity contribution in [2.75, 3.05) is 20.8 Å². The Balaban J connectivity index is 2.57. The van der Waals surface area contributed by atoms with Crippen molar-refractivity contribution in [2.24, 2.45) is 0 Å². The lowest BCUT2D eigenvalue weighted by Crippen LogP contribution is -2.24. The predicted molar refractivity (Wildman–Crippen MR) is 60.6 cm³/mol. The summed E-state index contributed by atoms with van der Waals surface area (Å²) in [6.45, 7) is 2.30. The summed E-state index contributed by atoms with van der Waals surface area (Å²) in [7, 11) is 2.95. The van der Waals surface area contributed by atoms with Crippen molar-refractivity contribution in [1.82, 2.24) is 4.90 Å². The average molecular weight is 235 g/mol. The van der Waals surface area contributed by atoms with Crippen molar-refractivity contribution in [1.29, 1.82) is 0 Å². The lowest BCUT2D eigenvalue weighted by atomic mass is 10.1. The topological polar surface area (TPSA) is 55.8 Å². The molecule has 1 aliphatic rings. The van der Waals surface area contributed by atoms with Crippen LogP contribution in [-0.4, -0.2) is 37.5 Å². The fourth-order valence-electron chi connectivity index (χ4n) is 1.80. The normalized spacial score (nSPS) is 13.9. The first-order chi connectivity index (χ1) is 8.10. The van der Waals surface area contributed by atoms with E-state index in [0.717, 1.165) is 4.90 Å². The molecule has 5 heteroatoms. The number of carbonyl (C=O) groups is 2. The van der Waals surface area contributed by atoms with E-state index in [2.05, 4.69) is 0 Å². The maximum Gasteiger partial charge on any atom is 0.261 e. The van der Waals surface area contributed by atoms with Crippen LogP contribution in [0, 0.1) is 0 Å². The van der Waals surface area contributed by atoms with Gasteiger partial charge in [-0.05, 0) is 19.1 Å². The molecule has 17 heavy (non-hydrogen) atoms. The first-order valence-electron chi connectivity index (χ1n) is 5.27. The highest BCUT2D eigenvalue weighted by molar-refractivity contribution is 6.21. The summed E-state index contributed by atoms with van der Waals surface area (Å²) in [5, 5.41) is 0. The van der Waals surface area contributed by atoms with Gasteiger partial charge in [0.1, 0.15) is 0 Å². The molecular formula is C12H13NO4. The van der Waals surface area contributed by atoms with E-state index in [4.69, 9.17) is 9.47 Å². The third-order valence-electron chi connectivity index (χ3n) is 2.67. The zero-order valence-electron chi connectivity index (χ0n) is 9.94. The van der Waals surface area contributed by atoms with E-state index in [-0.39, 0.29) is 11.8 Å². The molecule has 2 amide bonds. The third kappa shape index (κ3) is 1.63. The van der Waals surface area contributed by atoms with Crippen LogP contribution in [0.15, 0.2) is 12.1 Å². The third-order valence-corrected chi connectivity index (χ3v) is 2.67. The van der Waals surface area contributed by atoms with Crippen LogP contribution in [-0.2, 0) is 0 Å². The van der Waals surface area contributed by atoms with Crippen molar-refractivity contribution in [3.8, 4) is 11.5 Å². The summed E-state index contributed by atoms with van der Waals surface area (Å²) in [5.74, 6) is 0.312. The summed E-state index contributed by atoms with van der Waals surface area (Å²) >= 11 is 0. The Morgan fingerprint density at radius 2 is 1.65 bits per heavy atom. The van der Waals surface area contributed by atoms with E-state index in [1.165, 1.54) is 14.2 Å². The fourth-order valence-corrected chi connectivity index (χ4v) is 1.80. The lowest BCUT2D eigenvalue weighted by Gasteiger charge is -2.09. The summed E-state index contributed by atoms with van der Waals surface area (Å²) in [6, 6.07) is 3.10. The van der Waals surface area contributed by atoms with Gasteiger partial charge in [-0.15, -0.1) is 0 Å². The zero-order chi connectivity index (χ0) is 12.6. The Labute approximate surface area is 98.9 Å². The molecule has 0 N–H and O–H groups in total. The van der Waals surface area contributed by atoms with Gasteiger partial charge < -0.3 is 9.47 Å². The quantitative estimate of drug-likeness (QED) is 0.741. The SMILES string of the molecule is CCOc1cc2c(cc1OC)C(=O)N(C)C2=O. The van der Waals surface area contributed by atoms with E-state index in [1.807, 2.05) is 6.92 Å². The number of amides is 2. The predicted octanol–water partition coefficient (Wildman–Crippen LogP) is 1.32. The number of hydrogen-bond donors (Lipinski definition) is 0. The second-order valence-electron chi connectivity index (χ2n) is 3.65. The summed E-state index contributed by atoms with van der Waals surface area (Å²) in [6.07, 6.45) is 0. The van der Waals surface area contributed by atoms with Gasteiger partial charge in [0.2, 0.25) is 0 Å². The van der Waals surface area contributed by atoms with Gasteiger partial charge >= 0.3 is 0 Å². The van der Waals surface area contributed by atoms with E-state index in [9.17, 15) is 9.59 Å². The van der Waals surface area contributed by atoms with Crippen LogP contribution in [0.3, 0.4) is 0 Å². The molecule has 0 atom stereocenters. The van der Waals surface area contributed by atoms with Crippen molar-refractivity contribution in [3.63, 3.8) is 0 Å². The van der Waals surface area contributed by atoms with Crippen molar-refractivity contribution >= 4 is 11.8 Å². The molecule has 0 aromatic heterocycles. The highest BCUT2D eigenvalue weighted by Crippen LogP contribution is 2.34. The van der Waals surface area contributed by atoms with E-state index in [1.54, 1.807) is 12.1 Å². The second-order valence-corrected chi connectivity index (χ2v) is 3.65. The number of imide groups is 1. The molecule has 0 unspecified atom stereocenters. The zero-order valence-corrected chi connectivity index (χ0v) is 9.94. The van der Waals surface area contributed by atoms with E-state index in [0.29, 0.717) is 29.2 Å². The molecule has 5 nitrogen and oxygen atoms in total. The molecule has 0 aliphatic carbocycles. The highest BCUT2D eigenvalue weighted by Gasteiger charge is 2.34. The average Bonchev–Trinajstić information content (AvgIpc) is 2.54. The van der Waals surface area contributed by atoms with Gasteiger partial charge in [0.05, 0.1) is 24.8 Å². The van der Waals surface area contributed by atoms with Gasteiger partial charge in [0, 0.05) is 7.05 Å². The smallest absolute Gasteiger partial charge is 0.261 e. The minimum atomic E-state index is -0.314. The molecule has 0 radical (unpaired) electrons. The molecule has 0 fully saturated rings. The number of rotatable bonds is 3. The molecule has 1 heterocycles. The van der Waals surface area contributed by atoms with Crippen LogP contribution in [0.2, 0.25) is 0 Å². The lowest BCUT2D eigenvalue weighted by molar-refractivity contribution is 0.0693.